The van der Waals surface area contributed by atoms with Gasteiger partial charge in [-0.15, -0.1) is 0 Å². The number of carboxylic acid groups (broad SMARTS) is 1. The van der Waals surface area contributed by atoms with Gasteiger partial charge in [-0.25, -0.2) is 0 Å². The first-order valence-corrected chi connectivity index (χ1v) is 5.65. The van der Waals surface area contributed by atoms with Crippen molar-refractivity contribution in [3.63, 3.8) is 0 Å². The Bertz CT molecular complexity index is 390. The second-order valence-electron chi connectivity index (χ2n) is 4.27. The Balaban J connectivity index is 2.34. The first-order chi connectivity index (χ1) is 8.19. The van der Waals surface area contributed by atoms with Gasteiger partial charge in [0.15, 0.2) is 0 Å². The van der Waals surface area contributed by atoms with Crippen LogP contribution in [0.4, 0.5) is 0 Å². The maximum Gasteiger partial charge on any atom is 0.316 e. The van der Waals surface area contributed by atoms with E-state index in [9.17, 15) is 9.90 Å². The van der Waals surface area contributed by atoms with Crippen LogP contribution in [0, 0.1) is 0 Å². The number of aliphatic carboxylic acids is 1. The largest absolute Gasteiger partial charge is 0.497 e. The van der Waals surface area contributed by atoms with Gasteiger partial charge < -0.3 is 14.6 Å². The quantitative estimate of drug-likeness (QED) is 0.869. The summed E-state index contributed by atoms with van der Waals surface area (Å²) < 4.78 is 10.4. The molecule has 1 aliphatic heterocycles. The number of ether oxygens (including phenoxy) is 2. The van der Waals surface area contributed by atoms with Gasteiger partial charge in [-0.2, -0.15) is 0 Å². The van der Waals surface area contributed by atoms with Gasteiger partial charge in [-0.1, -0.05) is 12.1 Å². The van der Waals surface area contributed by atoms with E-state index in [0.29, 0.717) is 13.0 Å². The maximum atomic E-state index is 11.5. The summed E-state index contributed by atoms with van der Waals surface area (Å²) >= 11 is 0. The van der Waals surface area contributed by atoms with Crippen molar-refractivity contribution in [3.05, 3.63) is 29.8 Å². The molecular formula is C13H16O4. The molecule has 0 aliphatic carbocycles. The van der Waals surface area contributed by atoms with Crippen molar-refractivity contribution in [1.29, 1.82) is 0 Å². The van der Waals surface area contributed by atoms with Gasteiger partial charge in [0.05, 0.1) is 13.7 Å². The Kier molecular flexibility index (Phi) is 3.33. The zero-order valence-electron chi connectivity index (χ0n) is 9.81. The molecule has 4 nitrogen and oxygen atoms in total. The molecule has 17 heavy (non-hydrogen) atoms. The molecule has 1 aliphatic rings. The summed E-state index contributed by atoms with van der Waals surface area (Å²) in [5, 5.41) is 9.46. The minimum atomic E-state index is -0.898. The molecule has 4 heteroatoms. The van der Waals surface area contributed by atoms with E-state index in [4.69, 9.17) is 9.47 Å². The molecule has 1 aromatic rings. The molecule has 0 saturated carbocycles. The Labute approximate surface area is 100 Å². The number of carboxylic acids is 1. The van der Waals surface area contributed by atoms with Gasteiger partial charge in [0.1, 0.15) is 11.2 Å². The van der Waals surface area contributed by atoms with E-state index in [2.05, 4.69) is 0 Å². The predicted molar refractivity (Wildman–Crippen MR) is 62.4 cm³/mol. The fourth-order valence-electron chi connectivity index (χ4n) is 2.22. The number of carbonyl (C=O) groups is 1. The summed E-state index contributed by atoms with van der Waals surface area (Å²) in [7, 11) is 1.59. The van der Waals surface area contributed by atoms with Crippen LogP contribution in [-0.4, -0.2) is 31.4 Å². The molecule has 0 aromatic heterocycles. The normalized spacial score (nSPS) is 24.3. The lowest BCUT2D eigenvalue weighted by Gasteiger charge is -2.33. The van der Waals surface area contributed by atoms with E-state index < -0.39 is 11.4 Å². The molecule has 92 valence electrons. The Morgan fingerprint density at radius 3 is 2.59 bits per heavy atom. The van der Waals surface area contributed by atoms with Crippen LogP contribution >= 0.6 is 0 Å². The summed E-state index contributed by atoms with van der Waals surface area (Å²) in [5.74, 6) is -0.0895. The van der Waals surface area contributed by atoms with Gasteiger partial charge in [0, 0.05) is 6.61 Å². The molecule has 1 N–H and O–H groups in total. The molecule has 0 spiro atoms. The highest BCUT2D eigenvalue weighted by Gasteiger charge is 2.42. The molecule has 0 bridgehead atoms. The Hall–Kier alpha value is -1.55. The van der Waals surface area contributed by atoms with Crippen molar-refractivity contribution < 1.29 is 19.4 Å². The van der Waals surface area contributed by atoms with Gasteiger partial charge >= 0.3 is 5.97 Å². The van der Waals surface area contributed by atoms with Gasteiger partial charge in [0.2, 0.25) is 0 Å². The van der Waals surface area contributed by atoms with Crippen LogP contribution in [0.25, 0.3) is 0 Å². The Morgan fingerprint density at radius 2 is 2.12 bits per heavy atom. The monoisotopic (exact) mass is 236 g/mol. The van der Waals surface area contributed by atoms with Crippen molar-refractivity contribution in [3.8, 4) is 5.75 Å². The summed E-state index contributed by atoms with van der Waals surface area (Å²) in [4.78, 5) is 11.5. The molecule has 1 unspecified atom stereocenters. The zero-order chi connectivity index (χ0) is 12.3. The van der Waals surface area contributed by atoms with Crippen molar-refractivity contribution in [1.82, 2.24) is 0 Å². The third-order valence-corrected chi connectivity index (χ3v) is 3.29. The third-order valence-electron chi connectivity index (χ3n) is 3.29. The molecule has 1 saturated heterocycles. The molecule has 1 atom stereocenters. The lowest BCUT2D eigenvalue weighted by atomic mass is 9.76. The summed E-state index contributed by atoms with van der Waals surface area (Å²) in [5.41, 5.74) is -0.115. The van der Waals surface area contributed by atoms with E-state index in [0.717, 1.165) is 17.7 Å². The van der Waals surface area contributed by atoms with E-state index >= 15 is 0 Å². The van der Waals surface area contributed by atoms with Crippen LogP contribution in [0.2, 0.25) is 0 Å². The topological polar surface area (TPSA) is 55.8 Å². The van der Waals surface area contributed by atoms with Crippen molar-refractivity contribution in [2.45, 2.75) is 18.3 Å². The lowest BCUT2D eigenvalue weighted by molar-refractivity contribution is -0.149. The average Bonchev–Trinajstić information content (AvgIpc) is 2.39. The van der Waals surface area contributed by atoms with Crippen LogP contribution in [0.5, 0.6) is 5.75 Å². The second-order valence-corrected chi connectivity index (χ2v) is 4.27. The standard InChI is InChI=1S/C13H16O4/c1-16-11-5-3-10(4-6-11)13(12(14)15)7-2-8-17-9-13/h3-6H,2,7-9H2,1H3,(H,14,15). The van der Waals surface area contributed by atoms with E-state index in [1.165, 1.54) is 0 Å². The lowest BCUT2D eigenvalue weighted by Crippen LogP contribution is -2.43. The molecule has 0 amide bonds. The first kappa shape index (κ1) is 11.9. The summed E-state index contributed by atoms with van der Waals surface area (Å²) in [6.45, 7) is 0.889. The number of methoxy groups -OCH3 is 1. The summed E-state index contributed by atoms with van der Waals surface area (Å²) in [6.07, 6.45) is 1.40. The van der Waals surface area contributed by atoms with Gasteiger partial charge in [-0.3, -0.25) is 4.79 Å². The predicted octanol–water partition coefficient (Wildman–Crippen LogP) is 1.83. The SMILES string of the molecule is COc1ccc(C2(C(=O)O)CCCOC2)cc1. The van der Waals surface area contributed by atoms with Crippen molar-refractivity contribution in [2.24, 2.45) is 0 Å². The smallest absolute Gasteiger partial charge is 0.316 e. The van der Waals surface area contributed by atoms with Gasteiger partial charge in [-0.05, 0) is 30.5 Å². The van der Waals surface area contributed by atoms with Crippen molar-refractivity contribution in [2.75, 3.05) is 20.3 Å². The maximum absolute atomic E-state index is 11.5. The van der Waals surface area contributed by atoms with Crippen LogP contribution in [-0.2, 0) is 14.9 Å². The fourth-order valence-corrected chi connectivity index (χ4v) is 2.22. The molecule has 1 heterocycles. The highest BCUT2D eigenvalue weighted by atomic mass is 16.5. The van der Waals surface area contributed by atoms with Crippen LogP contribution in [0.3, 0.4) is 0 Å². The second kappa shape index (κ2) is 4.75. The fraction of sp³-hybridized carbons (Fsp3) is 0.462. The van der Waals surface area contributed by atoms with Crippen LogP contribution < -0.4 is 4.74 Å². The highest BCUT2D eigenvalue weighted by Crippen LogP contribution is 2.34. The first-order valence-electron chi connectivity index (χ1n) is 5.65. The van der Waals surface area contributed by atoms with E-state index in [1.807, 2.05) is 12.1 Å². The van der Waals surface area contributed by atoms with Crippen LogP contribution in [0.1, 0.15) is 18.4 Å². The number of rotatable bonds is 3. The minimum absolute atomic E-state index is 0.245. The number of benzene rings is 1. The molecular weight excluding hydrogens is 220 g/mol. The Morgan fingerprint density at radius 1 is 1.41 bits per heavy atom. The van der Waals surface area contributed by atoms with Crippen LogP contribution in [0.15, 0.2) is 24.3 Å². The number of hydrogen-bond donors (Lipinski definition) is 1. The van der Waals surface area contributed by atoms with E-state index in [-0.39, 0.29) is 6.61 Å². The average molecular weight is 236 g/mol. The highest BCUT2D eigenvalue weighted by molar-refractivity contribution is 5.81. The van der Waals surface area contributed by atoms with Gasteiger partial charge in [0.25, 0.3) is 0 Å². The van der Waals surface area contributed by atoms with Crippen molar-refractivity contribution >= 4 is 5.97 Å². The van der Waals surface area contributed by atoms with E-state index in [1.54, 1.807) is 19.2 Å². The summed E-state index contributed by atoms with van der Waals surface area (Å²) in [6, 6.07) is 7.19. The zero-order valence-corrected chi connectivity index (χ0v) is 9.81. The third kappa shape index (κ3) is 2.13. The number of hydrogen-bond acceptors (Lipinski definition) is 3. The molecule has 0 radical (unpaired) electrons. The molecule has 1 aromatic carbocycles. The molecule has 2 rings (SSSR count). The minimum Gasteiger partial charge on any atom is -0.497 e. The molecule has 1 fully saturated rings.